The molecule has 4 rings (SSSR count). The topological polar surface area (TPSA) is 69.7 Å². The molecule has 3 saturated heterocycles. The molecule has 27 heavy (non-hydrogen) atoms. The maximum Gasteiger partial charge on any atom is 0.289 e. The van der Waals surface area contributed by atoms with Crippen LogP contribution in [0.3, 0.4) is 0 Å². The Morgan fingerprint density at radius 3 is 2.48 bits per heavy atom. The van der Waals surface area contributed by atoms with Gasteiger partial charge in [0.15, 0.2) is 0 Å². The summed E-state index contributed by atoms with van der Waals surface area (Å²) in [6.45, 7) is 3.97. The van der Waals surface area contributed by atoms with E-state index < -0.39 is 0 Å². The zero-order chi connectivity index (χ0) is 18.1. The van der Waals surface area contributed by atoms with E-state index in [-0.39, 0.29) is 41.8 Å². The molecule has 0 saturated carbocycles. The molecular formula is C19H24ClN3O3S. The predicted molar refractivity (Wildman–Crippen MR) is 107 cm³/mol. The highest BCUT2D eigenvalue weighted by molar-refractivity contribution is 8.14. The number of hydrogen-bond acceptors (Lipinski definition) is 5. The highest BCUT2D eigenvalue weighted by Crippen LogP contribution is 2.28. The summed E-state index contributed by atoms with van der Waals surface area (Å²) in [4.78, 5) is 39.7. The van der Waals surface area contributed by atoms with E-state index in [4.69, 9.17) is 0 Å². The van der Waals surface area contributed by atoms with Gasteiger partial charge < -0.3 is 10.2 Å². The van der Waals surface area contributed by atoms with Crippen molar-refractivity contribution in [1.82, 2.24) is 15.1 Å². The Bertz CT molecular complexity index is 715. The molecule has 3 aliphatic rings. The Balaban J connectivity index is 0.00000210. The quantitative estimate of drug-likeness (QED) is 0.830. The number of benzene rings is 1. The molecule has 0 spiro atoms. The van der Waals surface area contributed by atoms with E-state index in [0.29, 0.717) is 17.4 Å². The van der Waals surface area contributed by atoms with Gasteiger partial charge in [-0.2, -0.15) is 0 Å². The van der Waals surface area contributed by atoms with Crippen molar-refractivity contribution in [2.45, 2.75) is 19.4 Å². The van der Waals surface area contributed by atoms with Crippen LogP contribution < -0.4 is 5.32 Å². The molecule has 0 aliphatic carbocycles. The van der Waals surface area contributed by atoms with Crippen LogP contribution in [0, 0.1) is 11.8 Å². The zero-order valence-electron chi connectivity index (χ0n) is 15.1. The van der Waals surface area contributed by atoms with Crippen LogP contribution in [0.5, 0.6) is 0 Å². The van der Waals surface area contributed by atoms with E-state index >= 15 is 0 Å². The first-order valence-electron chi connectivity index (χ1n) is 9.18. The third-order valence-electron chi connectivity index (χ3n) is 5.66. The largest absolute Gasteiger partial charge is 0.339 e. The summed E-state index contributed by atoms with van der Waals surface area (Å²) in [5.41, 5.74) is 1.45. The number of fused-ring (bicyclic) bond motifs is 1. The zero-order valence-corrected chi connectivity index (χ0v) is 16.7. The van der Waals surface area contributed by atoms with Crippen LogP contribution in [-0.2, 0) is 11.3 Å². The molecular weight excluding hydrogens is 386 g/mol. The molecule has 0 bridgehead atoms. The molecule has 0 radical (unpaired) electrons. The van der Waals surface area contributed by atoms with Crippen molar-refractivity contribution in [3.63, 3.8) is 0 Å². The van der Waals surface area contributed by atoms with E-state index in [1.807, 2.05) is 29.2 Å². The summed E-state index contributed by atoms with van der Waals surface area (Å²) in [6.07, 6.45) is 2.11. The molecule has 0 aromatic heterocycles. The number of thioether (sulfide) groups is 1. The van der Waals surface area contributed by atoms with Crippen molar-refractivity contribution in [3.8, 4) is 0 Å². The fourth-order valence-corrected chi connectivity index (χ4v) is 4.85. The number of rotatable bonds is 3. The molecule has 1 N–H and O–H groups in total. The number of nitrogens with zero attached hydrogens (tertiary/aromatic N) is 2. The maximum atomic E-state index is 12.9. The third-order valence-corrected chi connectivity index (χ3v) is 6.52. The highest BCUT2D eigenvalue weighted by atomic mass is 35.5. The van der Waals surface area contributed by atoms with Crippen LogP contribution >= 0.6 is 24.2 Å². The van der Waals surface area contributed by atoms with Gasteiger partial charge in [0.1, 0.15) is 0 Å². The predicted octanol–water partition coefficient (Wildman–Crippen LogP) is 2.38. The molecule has 3 heterocycles. The number of hydrogen-bond donors (Lipinski definition) is 1. The summed E-state index contributed by atoms with van der Waals surface area (Å²) >= 11 is 1.03. The van der Waals surface area contributed by atoms with Gasteiger partial charge in [-0.25, -0.2) is 0 Å². The van der Waals surface area contributed by atoms with Crippen molar-refractivity contribution in [3.05, 3.63) is 35.4 Å². The van der Waals surface area contributed by atoms with Gasteiger partial charge in [-0.1, -0.05) is 23.9 Å². The molecule has 3 amide bonds. The minimum Gasteiger partial charge on any atom is -0.339 e. The minimum absolute atomic E-state index is 0. The van der Waals surface area contributed by atoms with Crippen LogP contribution in [0.15, 0.2) is 24.3 Å². The van der Waals surface area contributed by atoms with Crippen molar-refractivity contribution >= 4 is 41.2 Å². The first kappa shape index (κ1) is 20.2. The molecule has 146 valence electrons. The summed E-state index contributed by atoms with van der Waals surface area (Å²) in [5, 5.41) is 3.24. The van der Waals surface area contributed by atoms with Gasteiger partial charge in [-0.3, -0.25) is 19.3 Å². The first-order valence-corrected chi connectivity index (χ1v) is 10.2. The summed E-state index contributed by atoms with van der Waals surface area (Å²) in [5.74, 6) is 1.47. The average molecular weight is 410 g/mol. The van der Waals surface area contributed by atoms with Gasteiger partial charge in [-0.05, 0) is 55.5 Å². The molecule has 1 aromatic carbocycles. The van der Waals surface area contributed by atoms with Crippen LogP contribution in [-0.4, -0.2) is 58.8 Å². The van der Waals surface area contributed by atoms with Crippen molar-refractivity contribution in [2.75, 3.05) is 31.9 Å². The van der Waals surface area contributed by atoms with Gasteiger partial charge in [0.25, 0.3) is 11.1 Å². The number of amides is 3. The molecule has 2 atom stereocenters. The van der Waals surface area contributed by atoms with E-state index in [1.165, 1.54) is 4.90 Å². The molecule has 6 nitrogen and oxygen atoms in total. The Labute approximate surface area is 169 Å². The highest BCUT2D eigenvalue weighted by Gasteiger charge is 2.32. The molecule has 3 fully saturated rings. The normalized spacial score (nSPS) is 25.2. The lowest BCUT2D eigenvalue weighted by molar-refractivity contribution is -0.125. The molecule has 8 heteroatoms. The second-order valence-electron chi connectivity index (χ2n) is 7.28. The Hall–Kier alpha value is -1.57. The number of nitrogens with one attached hydrogen (secondary N) is 1. The lowest BCUT2D eigenvalue weighted by Crippen LogP contribution is -2.33. The maximum absolute atomic E-state index is 12.9. The van der Waals surface area contributed by atoms with Gasteiger partial charge in [0, 0.05) is 18.7 Å². The summed E-state index contributed by atoms with van der Waals surface area (Å²) in [6, 6.07) is 7.33. The van der Waals surface area contributed by atoms with E-state index in [9.17, 15) is 14.4 Å². The van der Waals surface area contributed by atoms with Gasteiger partial charge in [0.2, 0.25) is 5.91 Å². The minimum atomic E-state index is -0.209. The Morgan fingerprint density at radius 2 is 1.85 bits per heavy atom. The molecule has 1 aromatic rings. The first-order chi connectivity index (χ1) is 12.6. The van der Waals surface area contributed by atoms with Gasteiger partial charge in [-0.15, -0.1) is 12.4 Å². The molecule has 0 unspecified atom stereocenters. The number of halogens is 1. The SMILES string of the molecule is Cl.O=C(c1cccc(CN2C(=O)CSC2=O)c1)N1CC[C@@H]2CNC[C@@H]2CC1. The number of imide groups is 1. The van der Waals surface area contributed by atoms with Crippen LogP contribution in [0.25, 0.3) is 0 Å². The summed E-state index contributed by atoms with van der Waals surface area (Å²) in [7, 11) is 0. The van der Waals surface area contributed by atoms with E-state index in [2.05, 4.69) is 5.32 Å². The van der Waals surface area contributed by atoms with Gasteiger partial charge in [0.05, 0.1) is 12.3 Å². The monoisotopic (exact) mass is 409 g/mol. The van der Waals surface area contributed by atoms with Crippen LogP contribution in [0.4, 0.5) is 4.79 Å². The Kier molecular flexibility index (Phi) is 6.44. The number of carbonyl (C=O) groups excluding carboxylic acids is 3. The van der Waals surface area contributed by atoms with Crippen molar-refractivity contribution < 1.29 is 14.4 Å². The van der Waals surface area contributed by atoms with Crippen LogP contribution in [0.1, 0.15) is 28.8 Å². The average Bonchev–Trinajstić information content (AvgIpc) is 3.16. The van der Waals surface area contributed by atoms with Crippen molar-refractivity contribution in [1.29, 1.82) is 0 Å². The second-order valence-corrected chi connectivity index (χ2v) is 8.21. The smallest absolute Gasteiger partial charge is 0.289 e. The lowest BCUT2D eigenvalue weighted by atomic mass is 9.92. The second kappa shape index (κ2) is 8.63. The summed E-state index contributed by atoms with van der Waals surface area (Å²) < 4.78 is 0. The van der Waals surface area contributed by atoms with E-state index in [0.717, 1.165) is 56.3 Å². The number of carbonyl (C=O) groups is 3. The lowest BCUT2D eigenvalue weighted by Gasteiger charge is -2.21. The third kappa shape index (κ3) is 4.31. The van der Waals surface area contributed by atoms with Gasteiger partial charge >= 0.3 is 0 Å². The fourth-order valence-electron chi connectivity index (χ4n) is 4.12. The Morgan fingerprint density at radius 1 is 1.15 bits per heavy atom. The standard InChI is InChI=1S/C19H23N3O3S.ClH/c23-17-12-26-19(25)22(17)11-13-2-1-3-14(8-13)18(24)21-6-4-15-9-20-10-16(15)5-7-21;/h1-3,8,15-16,20H,4-7,9-12H2;1H/t15-,16+;. The number of likely N-dealkylation sites (tertiary alicyclic amines) is 1. The molecule has 3 aliphatic heterocycles. The van der Waals surface area contributed by atoms with Crippen LogP contribution in [0.2, 0.25) is 0 Å². The van der Waals surface area contributed by atoms with E-state index in [1.54, 1.807) is 0 Å². The van der Waals surface area contributed by atoms with Crippen molar-refractivity contribution in [2.24, 2.45) is 11.8 Å². The fraction of sp³-hybridized carbons (Fsp3) is 0.526.